The van der Waals surface area contributed by atoms with Crippen molar-refractivity contribution in [2.75, 3.05) is 45.3 Å². The molecule has 0 unspecified atom stereocenters. The van der Waals surface area contributed by atoms with Crippen LogP contribution in [0.3, 0.4) is 0 Å². The van der Waals surface area contributed by atoms with Gasteiger partial charge in [-0.15, -0.1) is 0 Å². The topological polar surface area (TPSA) is 98.4 Å². The van der Waals surface area contributed by atoms with E-state index in [9.17, 15) is 9.59 Å². The molecule has 0 aliphatic carbocycles. The summed E-state index contributed by atoms with van der Waals surface area (Å²) < 4.78 is 7.95. The highest BCUT2D eigenvalue weighted by Crippen LogP contribution is 2.26. The minimum atomic E-state index is -0.580. The van der Waals surface area contributed by atoms with Gasteiger partial charge in [0.2, 0.25) is 5.95 Å². The Balaban J connectivity index is 1.48. The Hall–Kier alpha value is -2.82. The van der Waals surface area contributed by atoms with Crippen LogP contribution in [0.15, 0.2) is 34.2 Å². The van der Waals surface area contributed by atoms with Gasteiger partial charge in [0, 0.05) is 70.5 Å². The smallest absolute Gasteiger partial charge is 0.318 e. The number of aryl methyl sites for hydroxylation is 1. The minimum absolute atomic E-state index is 0.132. The maximum absolute atomic E-state index is 12.8. The number of anilines is 1. The molecule has 0 radical (unpaired) electrons. The average molecular weight is 474 g/mol. The van der Waals surface area contributed by atoms with Crippen LogP contribution in [-0.2, 0) is 18.3 Å². The van der Waals surface area contributed by atoms with E-state index in [0.29, 0.717) is 54.7 Å². The molecular formula is C22H28ClN7O3. The number of hydrogen-bond donors (Lipinski definition) is 0. The standard InChI is InChI=1S/C22H28ClN7O3/c1-27(8-9-33-3)14-15-11-25-22(26-12-15)29-6-4-17(5-7-29)30-19-18(10-16(23)13-24-19)28(2)20(31)21(30)32/h10-13,17H,4-9,14H2,1-3H3. The predicted octanol–water partition coefficient (Wildman–Crippen LogP) is 1.46. The summed E-state index contributed by atoms with van der Waals surface area (Å²) in [5.74, 6) is 0.669. The lowest BCUT2D eigenvalue weighted by atomic mass is 10.0. The van der Waals surface area contributed by atoms with Gasteiger partial charge >= 0.3 is 11.1 Å². The number of fused-ring (bicyclic) bond motifs is 1. The first-order valence-corrected chi connectivity index (χ1v) is 11.3. The molecule has 0 N–H and O–H groups in total. The quantitative estimate of drug-likeness (QED) is 0.476. The van der Waals surface area contributed by atoms with Crippen LogP contribution in [0, 0.1) is 0 Å². The molecule has 3 aromatic heterocycles. The number of rotatable bonds is 7. The van der Waals surface area contributed by atoms with Crippen molar-refractivity contribution in [1.29, 1.82) is 0 Å². The minimum Gasteiger partial charge on any atom is -0.383 e. The van der Waals surface area contributed by atoms with Gasteiger partial charge in [-0.25, -0.2) is 15.0 Å². The first-order valence-electron chi connectivity index (χ1n) is 10.9. The van der Waals surface area contributed by atoms with Gasteiger partial charge in [-0.3, -0.25) is 19.1 Å². The van der Waals surface area contributed by atoms with Gasteiger partial charge < -0.3 is 14.2 Å². The number of pyridine rings is 1. The van der Waals surface area contributed by atoms with Crippen LogP contribution in [0.4, 0.5) is 5.95 Å². The molecule has 176 valence electrons. The van der Waals surface area contributed by atoms with Crippen molar-refractivity contribution in [3.63, 3.8) is 0 Å². The fraction of sp³-hybridized carbons (Fsp3) is 0.500. The highest BCUT2D eigenvalue weighted by molar-refractivity contribution is 6.31. The van der Waals surface area contributed by atoms with E-state index in [1.807, 2.05) is 19.4 Å². The molecule has 0 atom stereocenters. The van der Waals surface area contributed by atoms with Crippen LogP contribution in [0.5, 0.6) is 0 Å². The van der Waals surface area contributed by atoms with Gasteiger partial charge in [0.25, 0.3) is 0 Å². The lowest BCUT2D eigenvalue weighted by Gasteiger charge is -2.33. The molecule has 33 heavy (non-hydrogen) atoms. The number of piperidine rings is 1. The predicted molar refractivity (Wildman–Crippen MR) is 127 cm³/mol. The summed E-state index contributed by atoms with van der Waals surface area (Å²) in [6, 6.07) is 1.53. The van der Waals surface area contributed by atoms with E-state index in [1.165, 1.54) is 15.3 Å². The van der Waals surface area contributed by atoms with Crippen LogP contribution in [0.25, 0.3) is 11.2 Å². The molecule has 1 aliphatic heterocycles. The fourth-order valence-electron chi connectivity index (χ4n) is 4.20. The van der Waals surface area contributed by atoms with Gasteiger partial charge in [-0.1, -0.05) is 11.6 Å². The molecule has 1 fully saturated rings. The van der Waals surface area contributed by atoms with Crippen molar-refractivity contribution in [3.05, 3.63) is 56.0 Å². The molecule has 10 nitrogen and oxygen atoms in total. The molecule has 0 saturated carbocycles. The van der Waals surface area contributed by atoms with Crippen molar-refractivity contribution in [3.8, 4) is 0 Å². The Morgan fingerprint density at radius 1 is 1.12 bits per heavy atom. The SMILES string of the molecule is COCCN(C)Cc1cnc(N2CCC(n3c(=O)c(=O)n(C)c4cc(Cl)cnc43)CC2)nc1. The molecule has 4 heterocycles. The zero-order chi connectivity index (χ0) is 23.5. The molecule has 3 aromatic rings. The summed E-state index contributed by atoms with van der Waals surface area (Å²) in [7, 11) is 5.29. The van der Waals surface area contributed by atoms with Crippen LogP contribution < -0.4 is 16.0 Å². The number of nitrogens with zero attached hydrogens (tertiary/aromatic N) is 7. The van der Waals surface area contributed by atoms with Crippen molar-refractivity contribution >= 4 is 28.7 Å². The van der Waals surface area contributed by atoms with Crippen molar-refractivity contribution < 1.29 is 4.74 Å². The van der Waals surface area contributed by atoms with Crippen molar-refractivity contribution in [2.24, 2.45) is 7.05 Å². The van der Waals surface area contributed by atoms with E-state index < -0.39 is 11.1 Å². The first kappa shape index (κ1) is 23.3. The summed E-state index contributed by atoms with van der Waals surface area (Å²) in [5.41, 5.74) is 0.919. The maximum atomic E-state index is 12.8. The number of halogens is 1. The van der Waals surface area contributed by atoms with Crippen LogP contribution >= 0.6 is 11.6 Å². The van der Waals surface area contributed by atoms with Gasteiger partial charge in [-0.2, -0.15) is 0 Å². The molecule has 1 aliphatic rings. The second kappa shape index (κ2) is 9.98. The maximum Gasteiger partial charge on any atom is 0.318 e. The number of aromatic nitrogens is 5. The van der Waals surface area contributed by atoms with E-state index >= 15 is 0 Å². The third kappa shape index (κ3) is 4.92. The fourth-order valence-corrected chi connectivity index (χ4v) is 4.35. The highest BCUT2D eigenvalue weighted by Gasteiger charge is 2.26. The Morgan fingerprint density at radius 3 is 2.48 bits per heavy atom. The van der Waals surface area contributed by atoms with E-state index in [-0.39, 0.29) is 6.04 Å². The molecule has 0 aromatic carbocycles. The number of hydrogen-bond acceptors (Lipinski definition) is 8. The van der Waals surface area contributed by atoms with Crippen molar-refractivity contribution in [1.82, 2.24) is 29.0 Å². The zero-order valence-corrected chi connectivity index (χ0v) is 19.8. The van der Waals surface area contributed by atoms with Gasteiger partial charge in [0.1, 0.15) is 0 Å². The molecule has 11 heteroatoms. The van der Waals surface area contributed by atoms with Crippen molar-refractivity contribution in [2.45, 2.75) is 25.4 Å². The van der Waals surface area contributed by atoms with E-state index in [1.54, 1.807) is 20.2 Å². The van der Waals surface area contributed by atoms with E-state index in [0.717, 1.165) is 18.7 Å². The van der Waals surface area contributed by atoms with Crippen LogP contribution in [0.2, 0.25) is 5.02 Å². The largest absolute Gasteiger partial charge is 0.383 e. The van der Waals surface area contributed by atoms with E-state index in [2.05, 4.69) is 24.8 Å². The highest BCUT2D eigenvalue weighted by atomic mass is 35.5. The average Bonchev–Trinajstić information content (AvgIpc) is 2.83. The Labute approximate surface area is 196 Å². The van der Waals surface area contributed by atoms with Crippen LogP contribution in [-0.4, -0.2) is 69.4 Å². The van der Waals surface area contributed by atoms with Gasteiger partial charge in [-0.05, 0) is 26.0 Å². The summed E-state index contributed by atoms with van der Waals surface area (Å²) in [5, 5.41) is 0.419. The Kier molecular flexibility index (Phi) is 7.06. The lowest BCUT2D eigenvalue weighted by Crippen LogP contribution is -2.45. The monoisotopic (exact) mass is 473 g/mol. The third-order valence-electron chi connectivity index (χ3n) is 6.04. The Morgan fingerprint density at radius 2 is 1.82 bits per heavy atom. The molecule has 1 saturated heterocycles. The van der Waals surface area contributed by atoms with E-state index in [4.69, 9.17) is 16.3 Å². The van der Waals surface area contributed by atoms with Crippen LogP contribution in [0.1, 0.15) is 24.4 Å². The number of methoxy groups -OCH3 is 1. The second-order valence-electron chi connectivity index (χ2n) is 8.38. The number of ether oxygens (including phenoxy) is 1. The third-order valence-corrected chi connectivity index (χ3v) is 6.25. The molecule has 0 amide bonds. The first-order chi connectivity index (χ1) is 15.9. The second-order valence-corrected chi connectivity index (χ2v) is 8.81. The molecule has 0 bridgehead atoms. The summed E-state index contributed by atoms with van der Waals surface area (Å²) in [4.78, 5) is 43.1. The molecular weight excluding hydrogens is 446 g/mol. The number of likely N-dealkylation sites (N-methyl/N-ethyl adjacent to an activating group) is 1. The normalized spacial score (nSPS) is 15.0. The summed E-state index contributed by atoms with van der Waals surface area (Å²) in [6.45, 7) is 3.62. The Bertz CT molecular complexity index is 1230. The summed E-state index contributed by atoms with van der Waals surface area (Å²) in [6.07, 6.45) is 6.56. The molecule has 0 spiro atoms. The molecule has 4 rings (SSSR count). The lowest BCUT2D eigenvalue weighted by molar-refractivity contribution is 0.158. The zero-order valence-electron chi connectivity index (χ0n) is 19.1. The van der Waals surface area contributed by atoms with Gasteiger partial charge in [0.05, 0.1) is 17.1 Å². The summed E-state index contributed by atoms with van der Waals surface area (Å²) >= 11 is 6.07. The van der Waals surface area contributed by atoms with Gasteiger partial charge in [0.15, 0.2) is 5.65 Å².